The summed E-state index contributed by atoms with van der Waals surface area (Å²) < 4.78 is 0. The molecule has 1 atom stereocenters. The van der Waals surface area contributed by atoms with Gasteiger partial charge in [-0.05, 0) is 66.4 Å². The van der Waals surface area contributed by atoms with E-state index in [-0.39, 0.29) is 5.91 Å². The molecular formula is C26H28Cl2N4O. The van der Waals surface area contributed by atoms with Crippen molar-refractivity contribution in [3.8, 4) is 0 Å². The van der Waals surface area contributed by atoms with Crippen molar-refractivity contribution in [2.75, 3.05) is 17.6 Å². The minimum Gasteiger partial charge on any atom is -0.398 e. The fraction of sp³-hybridized carbons (Fsp3) is 0.231. The highest BCUT2D eigenvalue weighted by Crippen LogP contribution is 2.30. The second-order valence-corrected chi connectivity index (χ2v) is 9.06. The van der Waals surface area contributed by atoms with Crippen LogP contribution < -0.4 is 16.8 Å². The first kappa shape index (κ1) is 24.8. The van der Waals surface area contributed by atoms with Gasteiger partial charge in [-0.25, -0.2) is 0 Å². The Bertz CT molecular complexity index is 1180. The molecule has 3 aromatic rings. The number of hydrogen-bond donors (Lipinski definition) is 4. The lowest BCUT2D eigenvalue weighted by Crippen LogP contribution is -2.24. The number of rotatable bonds is 8. The molecule has 0 radical (unpaired) electrons. The second kappa shape index (κ2) is 10.8. The van der Waals surface area contributed by atoms with Crippen molar-refractivity contribution in [3.63, 3.8) is 0 Å². The third-order valence-electron chi connectivity index (χ3n) is 5.55. The molecule has 33 heavy (non-hydrogen) atoms. The highest BCUT2D eigenvalue weighted by Gasteiger charge is 2.21. The number of amides is 1. The molecule has 0 aliphatic carbocycles. The van der Waals surface area contributed by atoms with Crippen LogP contribution in [-0.2, 0) is 4.79 Å². The van der Waals surface area contributed by atoms with Crippen LogP contribution in [0.5, 0.6) is 0 Å². The number of halogens is 2. The summed E-state index contributed by atoms with van der Waals surface area (Å²) in [4.78, 5) is 13.1. The minimum atomic E-state index is -0.493. The van der Waals surface area contributed by atoms with Crippen LogP contribution >= 0.6 is 23.2 Å². The predicted octanol–water partition coefficient (Wildman–Crippen LogP) is 6.19. The van der Waals surface area contributed by atoms with Crippen LogP contribution in [0.15, 0.2) is 60.7 Å². The summed E-state index contributed by atoms with van der Waals surface area (Å²) in [5, 5.41) is 12.5. The van der Waals surface area contributed by atoms with Crippen LogP contribution in [0.2, 0.25) is 10.0 Å². The molecule has 0 bridgehead atoms. The lowest BCUT2D eigenvalue weighted by Gasteiger charge is -2.18. The molecule has 6 N–H and O–H groups in total. The molecule has 0 spiro atoms. The van der Waals surface area contributed by atoms with E-state index in [1.807, 2.05) is 24.3 Å². The third kappa shape index (κ3) is 5.93. The van der Waals surface area contributed by atoms with Gasteiger partial charge in [0.15, 0.2) is 0 Å². The maximum atomic E-state index is 13.1. The van der Waals surface area contributed by atoms with E-state index in [0.29, 0.717) is 51.6 Å². The molecule has 3 rings (SSSR count). The van der Waals surface area contributed by atoms with Gasteiger partial charge in [0.1, 0.15) is 0 Å². The van der Waals surface area contributed by atoms with Gasteiger partial charge >= 0.3 is 0 Å². The van der Waals surface area contributed by atoms with Crippen molar-refractivity contribution in [3.05, 3.63) is 93.0 Å². The average molecular weight is 483 g/mol. The Labute approximate surface area is 204 Å². The topological polar surface area (TPSA) is 105 Å². The van der Waals surface area contributed by atoms with E-state index < -0.39 is 5.92 Å². The second-order valence-electron chi connectivity index (χ2n) is 8.25. The summed E-state index contributed by atoms with van der Waals surface area (Å²) in [7, 11) is 0. The van der Waals surface area contributed by atoms with E-state index in [1.165, 1.54) is 0 Å². The van der Waals surface area contributed by atoms with Crippen molar-refractivity contribution in [1.29, 1.82) is 5.41 Å². The lowest BCUT2D eigenvalue weighted by atomic mass is 9.94. The molecule has 0 aromatic heterocycles. The van der Waals surface area contributed by atoms with Crippen LogP contribution in [0.1, 0.15) is 54.4 Å². The normalized spacial score (nSPS) is 11.9. The summed E-state index contributed by atoms with van der Waals surface area (Å²) in [6.07, 6.45) is 0.448. The van der Waals surface area contributed by atoms with Crippen LogP contribution in [0.25, 0.3) is 0 Å². The molecule has 0 saturated carbocycles. The average Bonchev–Trinajstić information content (AvgIpc) is 2.80. The summed E-state index contributed by atoms with van der Waals surface area (Å²) in [5.74, 6) is -0.364. The number of carbonyl (C=O) groups excluding carboxylic acids is 1. The zero-order chi connectivity index (χ0) is 24.1. The maximum Gasteiger partial charge on any atom is 0.231 e. The first-order valence-electron chi connectivity index (χ1n) is 10.8. The van der Waals surface area contributed by atoms with Crippen molar-refractivity contribution in [2.45, 2.75) is 32.1 Å². The zero-order valence-electron chi connectivity index (χ0n) is 18.7. The van der Waals surface area contributed by atoms with Gasteiger partial charge in [0.25, 0.3) is 0 Å². The number of benzene rings is 3. The molecular weight excluding hydrogens is 455 g/mol. The van der Waals surface area contributed by atoms with Crippen LogP contribution in [-0.4, -0.2) is 18.2 Å². The van der Waals surface area contributed by atoms with E-state index >= 15 is 0 Å². The Kier molecular flexibility index (Phi) is 8.14. The smallest absolute Gasteiger partial charge is 0.231 e. The molecule has 0 heterocycles. The number of nitrogen functional groups attached to an aromatic ring is 1. The van der Waals surface area contributed by atoms with Gasteiger partial charge in [0.05, 0.1) is 21.7 Å². The molecule has 0 saturated heterocycles. The van der Waals surface area contributed by atoms with Crippen LogP contribution in [0.4, 0.5) is 11.4 Å². The number of hydrogen-bond acceptors (Lipinski definition) is 4. The highest BCUT2D eigenvalue weighted by atomic mass is 35.5. The summed E-state index contributed by atoms with van der Waals surface area (Å²) >= 11 is 12.2. The van der Waals surface area contributed by atoms with E-state index in [2.05, 4.69) is 19.2 Å². The molecule has 1 unspecified atom stereocenters. The predicted molar refractivity (Wildman–Crippen MR) is 139 cm³/mol. The van der Waals surface area contributed by atoms with Crippen molar-refractivity contribution in [1.82, 2.24) is 0 Å². The molecule has 0 aliphatic rings. The van der Waals surface area contributed by atoms with Crippen molar-refractivity contribution < 1.29 is 4.79 Å². The van der Waals surface area contributed by atoms with Gasteiger partial charge in [-0.15, -0.1) is 0 Å². The fourth-order valence-electron chi connectivity index (χ4n) is 3.63. The highest BCUT2D eigenvalue weighted by molar-refractivity contribution is 6.42. The van der Waals surface area contributed by atoms with E-state index in [1.54, 1.807) is 36.4 Å². The van der Waals surface area contributed by atoms with E-state index in [4.69, 9.17) is 40.1 Å². The molecule has 1 amide bonds. The molecule has 0 fully saturated rings. The minimum absolute atomic E-state index is 0.220. The van der Waals surface area contributed by atoms with Gasteiger partial charge < -0.3 is 16.8 Å². The number of nitrogens with one attached hydrogen (secondary N) is 2. The Morgan fingerprint density at radius 2 is 1.76 bits per heavy atom. The first-order chi connectivity index (χ1) is 15.7. The molecule has 172 valence electrons. The van der Waals surface area contributed by atoms with Crippen LogP contribution in [0, 0.1) is 5.41 Å². The Morgan fingerprint density at radius 3 is 2.42 bits per heavy atom. The Morgan fingerprint density at radius 1 is 1.00 bits per heavy atom. The quantitative estimate of drug-likeness (QED) is 0.227. The number of carbonyl (C=O) groups is 1. The van der Waals surface area contributed by atoms with Gasteiger partial charge in [0.2, 0.25) is 5.91 Å². The standard InChI is InChI=1S/C26H28Cl2N4O/c1-15(2)16-4-3-5-18(12-16)25(31)21-14-19(7-9-24(21)30)32-26(33)20(10-11-29)17-6-8-22(27)23(28)13-17/h3-9,12-15,20,31H,10-11,29-30H2,1-2H3,(H,32,33). The molecule has 5 nitrogen and oxygen atoms in total. The zero-order valence-corrected chi connectivity index (χ0v) is 20.2. The molecule has 7 heteroatoms. The third-order valence-corrected chi connectivity index (χ3v) is 6.29. The Balaban J connectivity index is 1.87. The SMILES string of the molecule is CC(C)c1cccc(C(=N)c2cc(NC(=O)C(CCN)c3ccc(Cl)c(Cl)c3)ccc2N)c1. The van der Waals surface area contributed by atoms with Gasteiger partial charge in [0, 0.05) is 22.5 Å². The van der Waals surface area contributed by atoms with Gasteiger partial charge in [-0.3, -0.25) is 10.2 Å². The van der Waals surface area contributed by atoms with Gasteiger partial charge in [-0.1, -0.05) is 61.3 Å². The Hall–Kier alpha value is -2.86. The van der Waals surface area contributed by atoms with Gasteiger partial charge in [-0.2, -0.15) is 0 Å². The van der Waals surface area contributed by atoms with Crippen molar-refractivity contribution in [2.24, 2.45) is 5.73 Å². The largest absolute Gasteiger partial charge is 0.398 e. The lowest BCUT2D eigenvalue weighted by molar-refractivity contribution is -0.117. The van der Waals surface area contributed by atoms with E-state index in [9.17, 15) is 4.79 Å². The summed E-state index contributed by atoms with van der Waals surface area (Å²) in [6, 6.07) is 18.2. The molecule has 0 aliphatic heterocycles. The number of nitrogens with two attached hydrogens (primary N) is 2. The summed E-state index contributed by atoms with van der Waals surface area (Å²) in [6.45, 7) is 4.56. The van der Waals surface area contributed by atoms with Crippen molar-refractivity contribution >= 4 is 46.2 Å². The first-order valence-corrected chi connectivity index (χ1v) is 11.5. The maximum absolute atomic E-state index is 13.1. The van der Waals surface area contributed by atoms with Crippen LogP contribution in [0.3, 0.4) is 0 Å². The van der Waals surface area contributed by atoms with E-state index in [0.717, 1.165) is 16.7 Å². The number of anilines is 2. The molecule has 3 aromatic carbocycles. The summed E-state index contributed by atoms with van der Waals surface area (Å²) in [5.41, 5.74) is 16.5. The monoisotopic (exact) mass is 482 g/mol. The fourth-order valence-corrected chi connectivity index (χ4v) is 3.94.